The molecule has 0 aliphatic carbocycles. The van der Waals surface area contributed by atoms with E-state index in [4.69, 9.17) is 23.2 Å². The van der Waals surface area contributed by atoms with Crippen LogP contribution in [0.2, 0.25) is 10.0 Å². The molecule has 0 atom stereocenters. The van der Waals surface area contributed by atoms with Gasteiger partial charge in [-0.1, -0.05) is 29.3 Å². The minimum Gasteiger partial charge on any atom is -0.361 e. The fraction of sp³-hybridized carbons (Fsp3) is 0.125. The SMILES string of the molecule is O=C(CNc1cc(-n2ccnc2)nc(F)n1)NCc1ccc(Cl)cc1Cl. The number of imidazole rings is 1. The summed E-state index contributed by atoms with van der Waals surface area (Å²) in [5.74, 6) is 0.172. The summed E-state index contributed by atoms with van der Waals surface area (Å²) in [7, 11) is 0. The molecule has 2 heterocycles. The van der Waals surface area contributed by atoms with Gasteiger partial charge in [0.15, 0.2) is 0 Å². The van der Waals surface area contributed by atoms with Gasteiger partial charge in [0, 0.05) is 35.1 Å². The summed E-state index contributed by atoms with van der Waals surface area (Å²) in [5.41, 5.74) is 0.736. The Morgan fingerprint density at radius 1 is 1.23 bits per heavy atom. The average molecular weight is 395 g/mol. The Morgan fingerprint density at radius 3 is 2.81 bits per heavy atom. The van der Waals surface area contributed by atoms with E-state index in [1.165, 1.54) is 17.0 Å². The number of nitrogens with zero attached hydrogens (tertiary/aromatic N) is 4. The van der Waals surface area contributed by atoms with Gasteiger partial charge in [0.05, 0.1) is 6.54 Å². The third-order valence-electron chi connectivity index (χ3n) is 3.38. The smallest absolute Gasteiger partial charge is 0.312 e. The minimum atomic E-state index is -0.910. The van der Waals surface area contributed by atoms with E-state index in [-0.39, 0.29) is 24.8 Å². The molecule has 134 valence electrons. The minimum absolute atomic E-state index is 0.0922. The van der Waals surface area contributed by atoms with Crippen molar-refractivity contribution in [3.63, 3.8) is 0 Å². The molecular formula is C16H13Cl2FN6O. The molecule has 0 unspecified atom stereocenters. The van der Waals surface area contributed by atoms with Gasteiger partial charge in [0.25, 0.3) is 0 Å². The number of carbonyl (C=O) groups excluding carboxylic acids is 1. The van der Waals surface area contributed by atoms with E-state index < -0.39 is 6.08 Å². The van der Waals surface area contributed by atoms with E-state index in [2.05, 4.69) is 25.6 Å². The predicted molar refractivity (Wildman–Crippen MR) is 95.9 cm³/mol. The van der Waals surface area contributed by atoms with Crippen LogP contribution in [0.5, 0.6) is 0 Å². The van der Waals surface area contributed by atoms with Crippen LogP contribution in [0.25, 0.3) is 5.82 Å². The highest BCUT2D eigenvalue weighted by atomic mass is 35.5. The van der Waals surface area contributed by atoms with Crippen molar-refractivity contribution < 1.29 is 9.18 Å². The molecular weight excluding hydrogens is 382 g/mol. The van der Waals surface area contributed by atoms with E-state index in [1.807, 2.05) is 0 Å². The van der Waals surface area contributed by atoms with Gasteiger partial charge in [-0.15, -0.1) is 0 Å². The lowest BCUT2D eigenvalue weighted by Gasteiger charge is -2.09. The number of benzene rings is 1. The first-order valence-electron chi connectivity index (χ1n) is 7.48. The van der Waals surface area contributed by atoms with E-state index in [1.54, 1.807) is 30.6 Å². The van der Waals surface area contributed by atoms with Crippen LogP contribution in [-0.4, -0.2) is 32.0 Å². The van der Waals surface area contributed by atoms with Gasteiger partial charge >= 0.3 is 6.08 Å². The van der Waals surface area contributed by atoms with Gasteiger partial charge in [-0.2, -0.15) is 14.4 Å². The van der Waals surface area contributed by atoms with Gasteiger partial charge < -0.3 is 10.6 Å². The number of nitrogens with one attached hydrogen (secondary N) is 2. The number of aromatic nitrogens is 4. The Bertz CT molecular complexity index is 919. The lowest BCUT2D eigenvalue weighted by atomic mass is 10.2. The molecule has 0 saturated carbocycles. The van der Waals surface area contributed by atoms with Crippen LogP contribution >= 0.6 is 23.2 Å². The van der Waals surface area contributed by atoms with Crippen LogP contribution in [0.4, 0.5) is 10.2 Å². The van der Waals surface area contributed by atoms with Gasteiger partial charge in [-0.05, 0) is 17.7 Å². The number of carbonyl (C=O) groups is 1. The maximum absolute atomic E-state index is 13.6. The topological polar surface area (TPSA) is 84.7 Å². The van der Waals surface area contributed by atoms with Gasteiger partial charge in [0.2, 0.25) is 5.91 Å². The fourth-order valence-electron chi connectivity index (χ4n) is 2.12. The Hall–Kier alpha value is -2.71. The summed E-state index contributed by atoms with van der Waals surface area (Å²) in [6, 6.07) is 6.53. The van der Waals surface area contributed by atoms with E-state index >= 15 is 0 Å². The normalized spacial score (nSPS) is 10.6. The number of hydrogen-bond donors (Lipinski definition) is 2. The summed E-state index contributed by atoms with van der Waals surface area (Å²) in [6.07, 6.45) is 3.73. The van der Waals surface area contributed by atoms with Gasteiger partial charge in [-0.3, -0.25) is 9.36 Å². The molecule has 0 bridgehead atoms. The Kier molecular flexibility index (Phi) is 5.65. The van der Waals surface area contributed by atoms with Crippen molar-refractivity contribution in [2.24, 2.45) is 0 Å². The highest BCUT2D eigenvalue weighted by Gasteiger charge is 2.08. The molecule has 2 aromatic heterocycles. The predicted octanol–water partition coefficient (Wildman–Crippen LogP) is 2.84. The third kappa shape index (κ3) is 4.68. The Morgan fingerprint density at radius 2 is 2.08 bits per heavy atom. The van der Waals surface area contributed by atoms with Crippen LogP contribution in [0, 0.1) is 6.08 Å². The number of anilines is 1. The number of hydrogen-bond acceptors (Lipinski definition) is 5. The highest BCUT2D eigenvalue weighted by Crippen LogP contribution is 2.20. The first-order valence-corrected chi connectivity index (χ1v) is 8.24. The molecule has 0 spiro atoms. The largest absolute Gasteiger partial charge is 0.361 e. The van der Waals surface area contributed by atoms with Crippen LogP contribution < -0.4 is 10.6 Å². The van der Waals surface area contributed by atoms with Crippen molar-refractivity contribution in [2.45, 2.75) is 6.54 Å². The lowest BCUT2D eigenvalue weighted by Crippen LogP contribution is -2.29. The van der Waals surface area contributed by atoms with Crippen LogP contribution in [0.3, 0.4) is 0 Å². The molecule has 1 aromatic carbocycles. The zero-order chi connectivity index (χ0) is 18.5. The zero-order valence-corrected chi connectivity index (χ0v) is 14.8. The summed E-state index contributed by atoms with van der Waals surface area (Å²) < 4.78 is 15.1. The summed E-state index contributed by atoms with van der Waals surface area (Å²) in [4.78, 5) is 23.1. The van der Waals surface area contributed by atoms with Crippen molar-refractivity contribution in [3.05, 3.63) is 64.7 Å². The molecule has 26 heavy (non-hydrogen) atoms. The number of amides is 1. The van der Waals surface area contributed by atoms with Gasteiger partial charge in [0.1, 0.15) is 18.0 Å². The highest BCUT2D eigenvalue weighted by molar-refractivity contribution is 6.35. The molecule has 2 N–H and O–H groups in total. The van der Waals surface area contributed by atoms with Gasteiger partial charge in [-0.25, -0.2) is 4.98 Å². The van der Waals surface area contributed by atoms with Crippen molar-refractivity contribution in [2.75, 3.05) is 11.9 Å². The molecule has 3 aromatic rings. The second-order valence-corrected chi connectivity index (χ2v) is 6.06. The van der Waals surface area contributed by atoms with Crippen LogP contribution in [0.15, 0.2) is 43.0 Å². The maximum Gasteiger partial charge on any atom is 0.312 e. The fourth-order valence-corrected chi connectivity index (χ4v) is 2.59. The molecule has 1 amide bonds. The summed E-state index contributed by atoms with van der Waals surface area (Å²) in [6.45, 7) is 0.153. The quantitative estimate of drug-likeness (QED) is 0.627. The molecule has 7 nitrogen and oxygen atoms in total. The van der Waals surface area contributed by atoms with Crippen molar-refractivity contribution in [1.82, 2.24) is 24.8 Å². The monoisotopic (exact) mass is 394 g/mol. The van der Waals surface area contributed by atoms with Crippen LogP contribution in [0.1, 0.15) is 5.56 Å². The lowest BCUT2D eigenvalue weighted by molar-refractivity contribution is -0.119. The van der Waals surface area contributed by atoms with E-state index in [9.17, 15) is 9.18 Å². The molecule has 0 aliphatic heterocycles. The molecule has 0 radical (unpaired) electrons. The first kappa shape index (κ1) is 18.1. The summed E-state index contributed by atoms with van der Waals surface area (Å²) in [5, 5.41) is 6.45. The van der Waals surface area contributed by atoms with Crippen LogP contribution in [-0.2, 0) is 11.3 Å². The maximum atomic E-state index is 13.6. The van der Waals surface area contributed by atoms with Crippen molar-refractivity contribution >= 4 is 34.9 Å². The molecule has 3 rings (SSSR count). The Balaban J connectivity index is 1.57. The zero-order valence-electron chi connectivity index (χ0n) is 13.3. The number of halogens is 3. The third-order valence-corrected chi connectivity index (χ3v) is 3.96. The number of rotatable bonds is 6. The second kappa shape index (κ2) is 8.11. The average Bonchev–Trinajstić information content (AvgIpc) is 3.13. The van der Waals surface area contributed by atoms with Crippen molar-refractivity contribution in [3.8, 4) is 5.82 Å². The van der Waals surface area contributed by atoms with E-state index in [0.717, 1.165) is 5.56 Å². The molecule has 10 heteroatoms. The molecule has 0 aliphatic rings. The second-order valence-electron chi connectivity index (χ2n) is 5.22. The standard InChI is InChI=1S/C16H13Cl2FN6O/c17-11-2-1-10(12(18)5-11)7-22-15(26)8-21-13-6-14(24-16(19)23-13)25-4-3-20-9-25/h1-6,9H,7-8H2,(H,22,26)(H,21,23,24). The first-order chi connectivity index (χ1) is 12.5. The molecule has 0 fully saturated rings. The summed E-state index contributed by atoms with van der Waals surface area (Å²) >= 11 is 11.9. The van der Waals surface area contributed by atoms with E-state index in [0.29, 0.717) is 15.9 Å². The molecule has 0 saturated heterocycles. The Labute approximate surface area is 158 Å². The van der Waals surface area contributed by atoms with Crippen molar-refractivity contribution in [1.29, 1.82) is 0 Å².